The van der Waals surface area contributed by atoms with Crippen LogP contribution in [0.2, 0.25) is 0 Å². The average molecular weight is 459 g/mol. The summed E-state index contributed by atoms with van der Waals surface area (Å²) in [5.41, 5.74) is 0.441. The van der Waals surface area contributed by atoms with Gasteiger partial charge in [-0.15, -0.1) is 0 Å². The minimum atomic E-state index is -0.706. The van der Waals surface area contributed by atoms with E-state index in [4.69, 9.17) is 18.9 Å². The summed E-state index contributed by atoms with van der Waals surface area (Å²) in [6.45, 7) is 7.38. The Kier molecular flexibility index (Phi) is 8.96. The average Bonchev–Trinajstić information content (AvgIpc) is 2.79. The second-order valence-corrected chi connectivity index (χ2v) is 8.62. The predicted octanol–water partition coefficient (Wildman–Crippen LogP) is 3.42. The fourth-order valence-corrected chi connectivity index (χ4v) is 3.08. The molecular formula is C25H34N2O6. The van der Waals surface area contributed by atoms with Crippen molar-refractivity contribution in [1.82, 2.24) is 10.2 Å². The molecule has 2 aromatic rings. The first-order valence-corrected chi connectivity index (χ1v) is 10.7. The van der Waals surface area contributed by atoms with E-state index in [1.54, 1.807) is 32.2 Å². The fraction of sp³-hybridized carbons (Fsp3) is 0.440. The maximum atomic E-state index is 13.2. The van der Waals surface area contributed by atoms with E-state index in [-0.39, 0.29) is 25.0 Å². The highest BCUT2D eigenvalue weighted by atomic mass is 16.5. The highest BCUT2D eigenvalue weighted by molar-refractivity contribution is 5.88. The van der Waals surface area contributed by atoms with Crippen molar-refractivity contribution in [3.05, 3.63) is 48.0 Å². The monoisotopic (exact) mass is 458 g/mol. The maximum Gasteiger partial charge on any atom is 0.261 e. The summed E-state index contributed by atoms with van der Waals surface area (Å²) in [5, 5.41) is 2.94. The molecular weight excluding hydrogens is 424 g/mol. The van der Waals surface area contributed by atoms with Crippen LogP contribution in [0.25, 0.3) is 0 Å². The normalized spacial score (nSPS) is 11.8. The zero-order valence-corrected chi connectivity index (χ0v) is 20.4. The zero-order chi connectivity index (χ0) is 24.6. The SMILES string of the molecule is COc1ccc(CN(C(=O)COc2cc(OC)cc(OC)c2)[C@@H](C)C(=O)NC(C)(C)C)cc1. The van der Waals surface area contributed by atoms with Gasteiger partial charge >= 0.3 is 0 Å². The summed E-state index contributed by atoms with van der Waals surface area (Å²) in [6, 6.07) is 11.7. The van der Waals surface area contributed by atoms with Gasteiger partial charge in [-0.3, -0.25) is 9.59 Å². The van der Waals surface area contributed by atoms with Crippen LogP contribution in [0, 0.1) is 0 Å². The van der Waals surface area contributed by atoms with Gasteiger partial charge in [0.05, 0.1) is 21.3 Å². The third-order valence-corrected chi connectivity index (χ3v) is 4.86. The van der Waals surface area contributed by atoms with Crippen molar-refractivity contribution < 1.29 is 28.5 Å². The number of methoxy groups -OCH3 is 3. The lowest BCUT2D eigenvalue weighted by Gasteiger charge is -2.31. The fourth-order valence-electron chi connectivity index (χ4n) is 3.08. The summed E-state index contributed by atoms with van der Waals surface area (Å²) in [6.07, 6.45) is 0. The second-order valence-electron chi connectivity index (χ2n) is 8.62. The van der Waals surface area contributed by atoms with Crippen molar-refractivity contribution in [3.8, 4) is 23.0 Å². The van der Waals surface area contributed by atoms with Crippen molar-refractivity contribution in [3.63, 3.8) is 0 Å². The maximum absolute atomic E-state index is 13.2. The number of nitrogens with zero attached hydrogens (tertiary/aromatic N) is 1. The number of hydrogen-bond acceptors (Lipinski definition) is 6. The Morgan fingerprint density at radius 3 is 1.88 bits per heavy atom. The van der Waals surface area contributed by atoms with Crippen LogP contribution in [0.3, 0.4) is 0 Å². The Morgan fingerprint density at radius 2 is 1.39 bits per heavy atom. The number of nitrogens with one attached hydrogen (secondary N) is 1. The molecule has 2 aromatic carbocycles. The minimum absolute atomic E-state index is 0.242. The van der Waals surface area contributed by atoms with Crippen molar-refractivity contribution in [1.29, 1.82) is 0 Å². The van der Waals surface area contributed by atoms with E-state index >= 15 is 0 Å². The zero-order valence-electron chi connectivity index (χ0n) is 20.4. The lowest BCUT2D eigenvalue weighted by Crippen LogP contribution is -2.53. The minimum Gasteiger partial charge on any atom is -0.497 e. The number of carbonyl (C=O) groups is 2. The second kappa shape index (κ2) is 11.4. The molecule has 33 heavy (non-hydrogen) atoms. The number of ether oxygens (including phenoxy) is 4. The molecule has 0 radical (unpaired) electrons. The van der Waals surface area contributed by atoms with Crippen molar-refractivity contribution in [2.45, 2.75) is 45.8 Å². The van der Waals surface area contributed by atoms with Crippen LogP contribution < -0.4 is 24.3 Å². The van der Waals surface area contributed by atoms with E-state index in [0.717, 1.165) is 5.56 Å². The van der Waals surface area contributed by atoms with Crippen molar-refractivity contribution in [2.24, 2.45) is 0 Å². The lowest BCUT2D eigenvalue weighted by molar-refractivity contribution is -0.142. The third kappa shape index (κ3) is 7.89. The van der Waals surface area contributed by atoms with Crippen LogP contribution in [0.1, 0.15) is 33.3 Å². The highest BCUT2D eigenvalue weighted by Crippen LogP contribution is 2.27. The summed E-state index contributed by atoms with van der Waals surface area (Å²) in [5.74, 6) is 1.66. The molecule has 0 fully saturated rings. The van der Waals surface area contributed by atoms with Crippen molar-refractivity contribution >= 4 is 11.8 Å². The van der Waals surface area contributed by atoms with Gasteiger partial charge in [-0.1, -0.05) is 12.1 Å². The van der Waals surface area contributed by atoms with Gasteiger partial charge < -0.3 is 29.2 Å². The van der Waals surface area contributed by atoms with E-state index in [0.29, 0.717) is 23.0 Å². The lowest BCUT2D eigenvalue weighted by atomic mass is 10.1. The van der Waals surface area contributed by atoms with Gasteiger partial charge in [0, 0.05) is 30.3 Å². The number of hydrogen-bond donors (Lipinski definition) is 1. The van der Waals surface area contributed by atoms with Crippen LogP contribution in [0.5, 0.6) is 23.0 Å². The Morgan fingerprint density at radius 1 is 0.879 bits per heavy atom. The molecule has 2 rings (SSSR count). The van der Waals surface area contributed by atoms with Gasteiger partial charge in [0.1, 0.15) is 29.0 Å². The van der Waals surface area contributed by atoms with Gasteiger partial charge in [0.15, 0.2) is 6.61 Å². The first-order chi connectivity index (χ1) is 15.6. The van der Waals surface area contributed by atoms with Gasteiger partial charge in [-0.2, -0.15) is 0 Å². The molecule has 0 spiro atoms. The van der Waals surface area contributed by atoms with Gasteiger partial charge in [0.2, 0.25) is 5.91 Å². The molecule has 0 aliphatic heterocycles. The number of rotatable bonds is 10. The molecule has 180 valence electrons. The molecule has 1 atom stereocenters. The van der Waals surface area contributed by atoms with Crippen LogP contribution in [-0.2, 0) is 16.1 Å². The van der Waals surface area contributed by atoms with Crippen LogP contribution >= 0.6 is 0 Å². The molecule has 8 nitrogen and oxygen atoms in total. The molecule has 0 aliphatic carbocycles. The molecule has 0 bridgehead atoms. The van der Waals surface area contributed by atoms with E-state index in [2.05, 4.69) is 5.32 Å². The standard InChI is InChI=1S/C25H34N2O6/c1-17(24(29)26-25(2,3)4)27(15-18-8-10-19(30-5)11-9-18)23(28)16-33-22-13-20(31-6)12-21(14-22)32-7/h8-14,17H,15-16H2,1-7H3,(H,26,29)/t17-/m0/s1. The molecule has 0 aliphatic rings. The van der Waals surface area contributed by atoms with Crippen LogP contribution in [0.4, 0.5) is 0 Å². The third-order valence-electron chi connectivity index (χ3n) is 4.86. The van der Waals surface area contributed by atoms with E-state index in [1.165, 1.54) is 19.1 Å². The summed E-state index contributed by atoms with van der Waals surface area (Å²) < 4.78 is 21.4. The topological polar surface area (TPSA) is 86.3 Å². The molecule has 0 aromatic heterocycles. The molecule has 2 amide bonds. The summed E-state index contributed by atoms with van der Waals surface area (Å²) in [4.78, 5) is 27.5. The quantitative estimate of drug-likeness (QED) is 0.587. The smallest absolute Gasteiger partial charge is 0.261 e. The van der Waals surface area contributed by atoms with Gasteiger partial charge in [-0.05, 0) is 45.4 Å². The Bertz CT molecular complexity index is 915. The molecule has 1 N–H and O–H groups in total. The van der Waals surface area contributed by atoms with E-state index < -0.39 is 11.6 Å². The Hall–Kier alpha value is -3.42. The van der Waals surface area contributed by atoms with Gasteiger partial charge in [0.25, 0.3) is 5.91 Å². The van der Waals surface area contributed by atoms with Crippen molar-refractivity contribution in [2.75, 3.05) is 27.9 Å². The van der Waals surface area contributed by atoms with Crippen LogP contribution in [0.15, 0.2) is 42.5 Å². The predicted molar refractivity (Wildman–Crippen MR) is 126 cm³/mol. The van der Waals surface area contributed by atoms with E-state index in [9.17, 15) is 9.59 Å². The summed E-state index contributed by atoms with van der Waals surface area (Å²) in [7, 11) is 4.67. The Labute approximate surface area is 195 Å². The van der Waals surface area contributed by atoms with Gasteiger partial charge in [-0.25, -0.2) is 0 Å². The Balaban J connectivity index is 2.21. The summed E-state index contributed by atoms with van der Waals surface area (Å²) >= 11 is 0. The first-order valence-electron chi connectivity index (χ1n) is 10.7. The number of amides is 2. The number of benzene rings is 2. The molecule has 0 saturated carbocycles. The molecule has 0 saturated heterocycles. The molecule has 8 heteroatoms. The highest BCUT2D eigenvalue weighted by Gasteiger charge is 2.28. The molecule has 0 unspecified atom stereocenters. The largest absolute Gasteiger partial charge is 0.497 e. The number of carbonyl (C=O) groups excluding carboxylic acids is 2. The van der Waals surface area contributed by atoms with Crippen LogP contribution in [-0.4, -0.2) is 56.2 Å². The first kappa shape index (κ1) is 25.8. The molecule has 0 heterocycles. The van der Waals surface area contributed by atoms with E-state index in [1.807, 2.05) is 45.0 Å².